The highest BCUT2D eigenvalue weighted by Crippen LogP contribution is 2.40. The van der Waals surface area contributed by atoms with Crippen molar-refractivity contribution in [3.05, 3.63) is 48.0 Å². The minimum atomic E-state index is 0.486. The van der Waals surface area contributed by atoms with Crippen LogP contribution in [0.4, 0.5) is 0 Å². The van der Waals surface area contributed by atoms with Crippen LogP contribution < -0.4 is 5.32 Å². The van der Waals surface area contributed by atoms with E-state index in [0.717, 1.165) is 37.7 Å². The van der Waals surface area contributed by atoms with Crippen molar-refractivity contribution in [3.8, 4) is 0 Å². The van der Waals surface area contributed by atoms with Crippen LogP contribution in [0.25, 0.3) is 0 Å². The highest BCUT2D eigenvalue weighted by Gasteiger charge is 2.39. The molecule has 6 heteroatoms. The molecule has 0 spiro atoms. The Hall–Kier alpha value is -2.37. The minimum absolute atomic E-state index is 0.486. The van der Waals surface area contributed by atoms with E-state index < -0.39 is 0 Å². The highest BCUT2D eigenvalue weighted by molar-refractivity contribution is 5.80. The van der Waals surface area contributed by atoms with Gasteiger partial charge in [0.15, 0.2) is 5.96 Å². The Balaban J connectivity index is 1.31. The molecule has 2 N–H and O–H groups in total. The number of hydrogen-bond donors (Lipinski definition) is 2. The second-order valence-corrected chi connectivity index (χ2v) is 6.68. The zero-order valence-corrected chi connectivity index (χ0v) is 14.0. The van der Waals surface area contributed by atoms with Crippen molar-refractivity contribution >= 4 is 5.96 Å². The van der Waals surface area contributed by atoms with Crippen molar-refractivity contribution in [2.24, 2.45) is 4.99 Å². The number of nitrogens with one attached hydrogen (secondary N) is 2. The lowest BCUT2D eigenvalue weighted by molar-refractivity contribution is 0.298. The SMILES string of the molecule is CN=C(NC1CC1c1ccccc1)N1CCC(c2ncn[nH]2)CC1. The van der Waals surface area contributed by atoms with Gasteiger partial charge in [-0.1, -0.05) is 30.3 Å². The van der Waals surface area contributed by atoms with Gasteiger partial charge in [-0.15, -0.1) is 0 Å². The van der Waals surface area contributed by atoms with Crippen LogP contribution in [0, 0.1) is 0 Å². The molecule has 2 unspecified atom stereocenters. The van der Waals surface area contributed by atoms with E-state index in [1.807, 2.05) is 7.05 Å². The van der Waals surface area contributed by atoms with Gasteiger partial charge in [0.2, 0.25) is 0 Å². The molecule has 0 radical (unpaired) electrons. The number of likely N-dealkylation sites (tertiary alicyclic amines) is 1. The Labute approximate surface area is 142 Å². The van der Waals surface area contributed by atoms with Crippen molar-refractivity contribution in [1.29, 1.82) is 0 Å². The molecule has 2 aromatic rings. The number of rotatable bonds is 3. The topological polar surface area (TPSA) is 69.2 Å². The summed E-state index contributed by atoms with van der Waals surface area (Å²) in [7, 11) is 1.88. The van der Waals surface area contributed by atoms with E-state index in [2.05, 4.69) is 60.7 Å². The van der Waals surface area contributed by atoms with E-state index in [-0.39, 0.29) is 0 Å². The molecule has 126 valence electrons. The van der Waals surface area contributed by atoms with E-state index >= 15 is 0 Å². The van der Waals surface area contributed by atoms with Gasteiger partial charge in [-0.25, -0.2) is 4.98 Å². The minimum Gasteiger partial charge on any atom is -0.353 e. The molecule has 2 aliphatic rings. The Morgan fingerprint density at radius 1 is 1.25 bits per heavy atom. The molecular formula is C18H24N6. The van der Waals surface area contributed by atoms with Crippen molar-refractivity contribution in [2.75, 3.05) is 20.1 Å². The maximum atomic E-state index is 4.50. The fraction of sp³-hybridized carbons (Fsp3) is 0.500. The average Bonchev–Trinajstić information content (AvgIpc) is 3.20. The van der Waals surface area contributed by atoms with Crippen LogP contribution in [0.1, 0.15) is 42.5 Å². The molecule has 1 aliphatic carbocycles. The molecule has 2 fully saturated rings. The summed E-state index contributed by atoms with van der Waals surface area (Å²) in [5, 5.41) is 10.6. The number of benzene rings is 1. The van der Waals surface area contributed by atoms with Crippen LogP contribution in [-0.4, -0.2) is 52.2 Å². The first-order valence-corrected chi connectivity index (χ1v) is 8.73. The maximum Gasteiger partial charge on any atom is 0.193 e. The molecule has 0 bridgehead atoms. The Morgan fingerprint density at radius 2 is 2.04 bits per heavy atom. The first kappa shape index (κ1) is 15.2. The van der Waals surface area contributed by atoms with Gasteiger partial charge < -0.3 is 10.2 Å². The summed E-state index contributed by atoms with van der Waals surface area (Å²) in [6, 6.07) is 11.3. The number of H-pyrrole nitrogens is 1. The maximum absolute atomic E-state index is 4.50. The van der Waals surface area contributed by atoms with Crippen LogP contribution in [-0.2, 0) is 0 Å². The number of aromatic amines is 1. The first-order chi connectivity index (χ1) is 11.8. The van der Waals surface area contributed by atoms with Crippen LogP contribution in [0.3, 0.4) is 0 Å². The van der Waals surface area contributed by atoms with E-state index in [9.17, 15) is 0 Å². The van der Waals surface area contributed by atoms with Gasteiger partial charge in [-0.3, -0.25) is 10.1 Å². The number of nitrogens with zero attached hydrogens (tertiary/aromatic N) is 4. The zero-order valence-electron chi connectivity index (χ0n) is 14.0. The van der Waals surface area contributed by atoms with Crippen molar-refractivity contribution in [2.45, 2.75) is 37.1 Å². The molecule has 24 heavy (non-hydrogen) atoms. The first-order valence-electron chi connectivity index (χ1n) is 8.73. The lowest BCUT2D eigenvalue weighted by Crippen LogP contribution is -2.46. The van der Waals surface area contributed by atoms with E-state index in [4.69, 9.17) is 0 Å². The lowest BCUT2D eigenvalue weighted by atomic mass is 9.96. The molecule has 1 aromatic heterocycles. The monoisotopic (exact) mass is 324 g/mol. The van der Waals surface area contributed by atoms with Gasteiger partial charge >= 0.3 is 0 Å². The summed E-state index contributed by atoms with van der Waals surface area (Å²) in [5.74, 6) is 3.16. The van der Waals surface area contributed by atoms with Crippen LogP contribution in [0.15, 0.2) is 41.7 Å². The summed E-state index contributed by atoms with van der Waals surface area (Å²) in [5.41, 5.74) is 1.43. The Kier molecular flexibility index (Phi) is 4.19. The molecule has 6 nitrogen and oxygen atoms in total. The summed E-state index contributed by atoms with van der Waals surface area (Å²) in [6.45, 7) is 2.02. The standard InChI is InChI=1S/C18H24N6/c1-19-18(22-16-11-15(16)13-5-3-2-4-6-13)24-9-7-14(8-10-24)17-20-12-21-23-17/h2-6,12,14-16H,7-11H2,1H3,(H,19,22)(H,20,21,23). The summed E-state index contributed by atoms with van der Waals surface area (Å²) >= 11 is 0. The molecule has 1 aliphatic heterocycles. The van der Waals surface area contributed by atoms with Gasteiger partial charge in [0.05, 0.1) is 0 Å². The second-order valence-electron chi connectivity index (χ2n) is 6.68. The molecular weight excluding hydrogens is 300 g/mol. The molecule has 4 rings (SSSR count). The smallest absolute Gasteiger partial charge is 0.193 e. The molecule has 2 heterocycles. The predicted molar refractivity (Wildman–Crippen MR) is 94.0 cm³/mol. The third-order valence-electron chi connectivity index (χ3n) is 5.16. The largest absolute Gasteiger partial charge is 0.353 e. The Bertz CT molecular complexity index is 673. The molecule has 0 amide bonds. The van der Waals surface area contributed by atoms with Crippen molar-refractivity contribution < 1.29 is 0 Å². The number of piperidine rings is 1. The molecule has 1 saturated carbocycles. The number of hydrogen-bond acceptors (Lipinski definition) is 3. The second kappa shape index (κ2) is 6.63. The van der Waals surface area contributed by atoms with E-state index in [1.54, 1.807) is 6.33 Å². The third kappa shape index (κ3) is 3.13. The quantitative estimate of drug-likeness (QED) is 0.670. The van der Waals surface area contributed by atoms with Gasteiger partial charge in [0, 0.05) is 38.0 Å². The molecule has 2 atom stereocenters. The van der Waals surface area contributed by atoms with Gasteiger partial charge in [0.1, 0.15) is 12.2 Å². The normalized spacial score (nSPS) is 24.9. The van der Waals surface area contributed by atoms with Crippen molar-refractivity contribution in [1.82, 2.24) is 25.4 Å². The molecule has 1 aromatic carbocycles. The van der Waals surface area contributed by atoms with Crippen LogP contribution in [0.5, 0.6) is 0 Å². The number of aliphatic imine (C=N–C) groups is 1. The van der Waals surface area contributed by atoms with E-state index in [1.165, 1.54) is 12.0 Å². The van der Waals surface area contributed by atoms with Crippen LogP contribution in [0.2, 0.25) is 0 Å². The Morgan fingerprint density at radius 3 is 2.71 bits per heavy atom. The lowest BCUT2D eigenvalue weighted by Gasteiger charge is -2.33. The van der Waals surface area contributed by atoms with Crippen molar-refractivity contribution in [3.63, 3.8) is 0 Å². The average molecular weight is 324 g/mol. The van der Waals surface area contributed by atoms with Crippen LogP contribution >= 0.6 is 0 Å². The van der Waals surface area contributed by atoms with E-state index in [0.29, 0.717) is 17.9 Å². The number of guanidine groups is 1. The van der Waals surface area contributed by atoms with Gasteiger partial charge in [-0.05, 0) is 24.8 Å². The number of aromatic nitrogens is 3. The van der Waals surface area contributed by atoms with Gasteiger partial charge in [-0.2, -0.15) is 5.10 Å². The fourth-order valence-corrected chi connectivity index (χ4v) is 3.66. The zero-order chi connectivity index (χ0) is 16.4. The summed E-state index contributed by atoms with van der Waals surface area (Å²) < 4.78 is 0. The van der Waals surface area contributed by atoms with Gasteiger partial charge in [0.25, 0.3) is 0 Å². The highest BCUT2D eigenvalue weighted by atomic mass is 15.3. The predicted octanol–water partition coefficient (Wildman–Crippen LogP) is 2.12. The molecule has 1 saturated heterocycles. The summed E-state index contributed by atoms with van der Waals surface area (Å²) in [6.07, 6.45) is 4.96. The third-order valence-corrected chi connectivity index (χ3v) is 5.16. The fourth-order valence-electron chi connectivity index (χ4n) is 3.66. The summed E-state index contributed by atoms with van der Waals surface area (Å²) in [4.78, 5) is 11.2.